The summed E-state index contributed by atoms with van der Waals surface area (Å²) < 4.78 is 3.03. The first kappa shape index (κ1) is 23.3. The number of carbonyl (C=O) groups is 2. The van der Waals surface area contributed by atoms with Gasteiger partial charge < -0.3 is 15.2 Å². The van der Waals surface area contributed by atoms with Gasteiger partial charge in [0.25, 0.3) is 5.91 Å². The predicted octanol–water partition coefficient (Wildman–Crippen LogP) is 4.18. The number of anilines is 1. The van der Waals surface area contributed by atoms with E-state index in [4.69, 9.17) is 0 Å². The van der Waals surface area contributed by atoms with Crippen molar-refractivity contribution in [3.63, 3.8) is 0 Å². The Morgan fingerprint density at radius 3 is 2.58 bits per heavy atom. The lowest BCUT2D eigenvalue weighted by Gasteiger charge is -2.10. The molecule has 1 aromatic heterocycles. The van der Waals surface area contributed by atoms with Gasteiger partial charge in [-0.25, -0.2) is 0 Å². The molecule has 0 saturated carbocycles. The summed E-state index contributed by atoms with van der Waals surface area (Å²) >= 11 is 3.57. The van der Waals surface area contributed by atoms with Gasteiger partial charge in [-0.1, -0.05) is 30.0 Å². The summed E-state index contributed by atoms with van der Waals surface area (Å²) in [6, 6.07) is 13.3. The van der Waals surface area contributed by atoms with Gasteiger partial charge in [-0.15, -0.1) is 10.2 Å². The summed E-state index contributed by atoms with van der Waals surface area (Å²) in [4.78, 5) is 24.8. The second-order valence-electron chi connectivity index (χ2n) is 6.94. The molecule has 0 atom stereocenters. The number of rotatable bonds is 8. The van der Waals surface area contributed by atoms with E-state index in [2.05, 4.69) is 43.4 Å². The predicted molar refractivity (Wildman–Crippen MR) is 131 cm³/mol. The molecule has 0 aliphatic carbocycles. The Balaban J connectivity index is 1.58. The number of thioether (sulfide) groups is 1. The normalized spacial score (nSPS) is 10.7. The van der Waals surface area contributed by atoms with E-state index in [9.17, 15) is 9.59 Å². The van der Waals surface area contributed by atoms with Crippen molar-refractivity contribution in [2.75, 3.05) is 11.1 Å². The maximum atomic E-state index is 12.5. The summed E-state index contributed by atoms with van der Waals surface area (Å²) in [6.45, 7) is 6.76. The second-order valence-corrected chi connectivity index (χ2v) is 9.12. The van der Waals surface area contributed by atoms with Crippen LogP contribution in [-0.4, -0.2) is 32.3 Å². The standard InChI is InChI=1S/C22H24IN5O2S/c1-4-28-19(12-24-21(30)17-8-6-5-7-14(17)2)26-27-22(28)31-13-20(29)25-18-10-9-16(23)11-15(18)3/h5-11H,4,12-13H2,1-3H3,(H,24,30)(H,25,29). The van der Waals surface area contributed by atoms with Crippen LogP contribution in [0.1, 0.15) is 34.2 Å². The molecular weight excluding hydrogens is 525 g/mol. The summed E-state index contributed by atoms with van der Waals surface area (Å²) in [5, 5.41) is 14.9. The van der Waals surface area contributed by atoms with E-state index in [0.717, 1.165) is 20.4 Å². The molecule has 2 aromatic carbocycles. The van der Waals surface area contributed by atoms with Crippen LogP contribution < -0.4 is 10.6 Å². The molecule has 1 heterocycles. The van der Waals surface area contributed by atoms with Gasteiger partial charge in [0.1, 0.15) is 0 Å². The molecule has 2 amide bonds. The molecule has 0 aliphatic heterocycles. The van der Waals surface area contributed by atoms with E-state index in [0.29, 0.717) is 23.1 Å². The first-order valence-electron chi connectivity index (χ1n) is 9.83. The maximum absolute atomic E-state index is 12.5. The van der Waals surface area contributed by atoms with Gasteiger partial charge in [0.05, 0.1) is 12.3 Å². The molecule has 3 aromatic rings. The molecule has 3 rings (SSSR count). The zero-order chi connectivity index (χ0) is 22.4. The number of halogens is 1. The Hall–Kier alpha value is -2.40. The lowest BCUT2D eigenvalue weighted by molar-refractivity contribution is -0.113. The lowest BCUT2D eigenvalue weighted by atomic mass is 10.1. The number of benzene rings is 2. The number of aromatic nitrogens is 3. The molecule has 0 fully saturated rings. The third-order valence-corrected chi connectivity index (χ3v) is 6.34. The number of amides is 2. The van der Waals surface area contributed by atoms with Crippen LogP contribution in [0.5, 0.6) is 0 Å². The van der Waals surface area contributed by atoms with Crippen molar-refractivity contribution in [2.45, 2.75) is 39.0 Å². The first-order chi connectivity index (χ1) is 14.9. The molecule has 0 saturated heterocycles. The number of carbonyl (C=O) groups excluding carboxylic acids is 2. The SMILES string of the molecule is CCn1c(CNC(=O)c2ccccc2C)nnc1SCC(=O)Nc1ccc(I)cc1C. The van der Waals surface area contributed by atoms with E-state index < -0.39 is 0 Å². The highest BCUT2D eigenvalue weighted by Gasteiger charge is 2.15. The third kappa shape index (κ3) is 6.07. The van der Waals surface area contributed by atoms with Crippen LogP contribution in [0.25, 0.3) is 0 Å². The average Bonchev–Trinajstić information content (AvgIpc) is 3.14. The van der Waals surface area contributed by atoms with E-state index in [1.165, 1.54) is 11.8 Å². The number of aryl methyl sites for hydroxylation is 2. The average molecular weight is 549 g/mol. The van der Waals surface area contributed by atoms with Crippen LogP contribution in [0.15, 0.2) is 47.6 Å². The summed E-state index contributed by atoms with van der Waals surface area (Å²) in [7, 11) is 0. The highest BCUT2D eigenvalue weighted by molar-refractivity contribution is 14.1. The van der Waals surface area contributed by atoms with Gasteiger partial charge in [0, 0.05) is 21.4 Å². The number of hydrogen-bond acceptors (Lipinski definition) is 5. The zero-order valence-corrected chi connectivity index (χ0v) is 20.6. The van der Waals surface area contributed by atoms with Crippen molar-refractivity contribution in [2.24, 2.45) is 0 Å². The minimum Gasteiger partial charge on any atom is -0.345 e. The second kappa shape index (κ2) is 10.8. The van der Waals surface area contributed by atoms with Crippen LogP contribution in [-0.2, 0) is 17.9 Å². The molecule has 0 unspecified atom stereocenters. The lowest BCUT2D eigenvalue weighted by Crippen LogP contribution is -2.25. The highest BCUT2D eigenvalue weighted by atomic mass is 127. The van der Waals surface area contributed by atoms with Gasteiger partial charge in [-0.2, -0.15) is 0 Å². The fourth-order valence-electron chi connectivity index (χ4n) is 3.04. The molecule has 0 bridgehead atoms. The van der Waals surface area contributed by atoms with Crippen molar-refractivity contribution < 1.29 is 9.59 Å². The Kier molecular flexibility index (Phi) is 8.08. The zero-order valence-electron chi connectivity index (χ0n) is 17.6. The molecule has 31 heavy (non-hydrogen) atoms. The maximum Gasteiger partial charge on any atom is 0.251 e. The molecule has 0 radical (unpaired) electrons. The van der Waals surface area contributed by atoms with Crippen LogP contribution in [0.4, 0.5) is 5.69 Å². The smallest absolute Gasteiger partial charge is 0.251 e. The molecule has 2 N–H and O–H groups in total. The fourth-order valence-corrected chi connectivity index (χ4v) is 4.51. The van der Waals surface area contributed by atoms with Gasteiger partial charge in [-0.05, 0) is 78.8 Å². The largest absolute Gasteiger partial charge is 0.345 e. The molecule has 9 heteroatoms. The Bertz CT molecular complexity index is 1100. The Labute approximate surface area is 199 Å². The van der Waals surface area contributed by atoms with Crippen LogP contribution in [0.3, 0.4) is 0 Å². The summed E-state index contributed by atoms with van der Waals surface area (Å²) in [6.07, 6.45) is 0. The van der Waals surface area contributed by atoms with Crippen LogP contribution in [0.2, 0.25) is 0 Å². The van der Waals surface area contributed by atoms with E-state index in [1.54, 1.807) is 6.07 Å². The Morgan fingerprint density at radius 2 is 1.87 bits per heavy atom. The number of hydrogen-bond donors (Lipinski definition) is 2. The Morgan fingerprint density at radius 1 is 1.10 bits per heavy atom. The van der Waals surface area contributed by atoms with Crippen molar-refractivity contribution >= 4 is 51.9 Å². The van der Waals surface area contributed by atoms with Crippen molar-refractivity contribution in [3.8, 4) is 0 Å². The van der Waals surface area contributed by atoms with Crippen molar-refractivity contribution in [3.05, 3.63) is 68.5 Å². The van der Waals surface area contributed by atoms with Crippen LogP contribution in [0, 0.1) is 17.4 Å². The van der Waals surface area contributed by atoms with Gasteiger partial charge in [0.2, 0.25) is 5.91 Å². The molecule has 0 spiro atoms. The van der Waals surface area contributed by atoms with Crippen molar-refractivity contribution in [1.82, 2.24) is 20.1 Å². The molecular formula is C22H24IN5O2S. The fraction of sp³-hybridized carbons (Fsp3) is 0.273. The van der Waals surface area contributed by atoms with Crippen molar-refractivity contribution in [1.29, 1.82) is 0 Å². The topological polar surface area (TPSA) is 88.9 Å². The molecule has 7 nitrogen and oxygen atoms in total. The summed E-state index contributed by atoms with van der Waals surface area (Å²) in [5.41, 5.74) is 3.39. The highest BCUT2D eigenvalue weighted by Crippen LogP contribution is 2.20. The van der Waals surface area contributed by atoms with E-state index in [1.807, 2.05) is 61.7 Å². The number of nitrogens with zero attached hydrogens (tertiary/aromatic N) is 3. The third-order valence-electron chi connectivity index (χ3n) is 4.70. The van der Waals surface area contributed by atoms with Gasteiger partial charge in [-0.3, -0.25) is 9.59 Å². The minimum atomic E-state index is -0.148. The quantitative estimate of drug-likeness (QED) is 0.325. The number of nitrogens with one attached hydrogen (secondary N) is 2. The van der Waals surface area contributed by atoms with Crippen LogP contribution >= 0.6 is 34.4 Å². The minimum absolute atomic E-state index is 0.102. The van der Waals surface area contributed by atoms with E-state index >= 15 is 0 Å². The monoisotopic (exact) mass is 549 g/mol. The molecule has 0 aliphatic rings. The van der Waals surface area contributed by atoms with Gasteiger partial charge in [0.15, 0.2) is 11.0 Å². The summed E-state index contributed by atoms with van der Waals surface area (Å²) in [5.74, 6) is 0.625. The molecule has 162 valence electrons. The van der Waals surface area contributed by atoms with E-state index in [-0.39, 0.29) is 24.1 Å². The van der Waals surface area contributed by atoms with Gasteiger partial charge >= 0.3 is 0 Å². The first-order valence-corrected chi connectivity index (χ1v) is 11.9.